The number of aryl methyl sites for hydroxylation is 1. The highest BCUT2D eigenvalue weighted by molar-refractivity contribution is 5.91. The average molecular weight is 287 g/mol. The van der Waals surface area contributed by atoms with Gasteiger partial charge in [0.1, 0.15) is 0 Å². The summed E-state index contributed by atoms with van der Waals surface area (Å²) in [6.07, 6.45) is 7.77. The molecule has 1 aliphatic rings. The molecular formula is C15H21N5O. The number of anilines is 1. The summed E-state index contributed by atoms with van der Waals surface area (Å²) in [7, 11) is 0. The van der Waals surface area contributed by atoms with Gasteiger partial charge in [0.05, 0.1) is 12.0 Å². The Balaban J connectivity index is 1.66. The van der Waals surface area contributed by atoms with Gasteiger partial charge >= 0.3 is 0 Å². The van der Waals surface area contributed by atoms with Crippen LogP contribution in [0.25, 0.3) is 0 Å². The van der Waals surface area contributed by atoms with E-state index in [1.54, 1.807) is 12.5 Å². The molecule has 0 aliphatic heterocycles. The first-order valence-corrected chi connectivity index (χ1v) is 7.46. The lowest BCUT2D eigenvalue weighted by Gasteiger charge is -2.20. The summed E-state index contributed by atoms with van der Waals surface area (Å²) in [6.45, 7) is 5.14. The van der Waals surface area contributed by atoms with Crippen LogP contribution in [0.3, 0.4) is 0 Å². The molecule has 0 aromatic carbocycles. The van der Waals surface area contributed by atoms with Crippen LogP contribution in [-0.4, -0.2) is 25.4 Å². The van der Waals surface area contributed by atoms with Gasteiger partial charge in [0.2, 0.25) is 11.9 Å². The second-order valence-corrected chi connectivity index (χ2v) is 6.05. The number of carbonyl (C=O) groups is 1. The summed E-state index contributed by atoms with van der Waals surface area (Å²) in [5, 5.41) is 2.97. The van der Waals surface area contributed by atoms with Crippen LogP contribution in [-0.2, 0) is 24.2 Å². The number of nitrogens with one attached hydrogen (secondary N) is 2. The number of nitrogens with zero attached hydrogens (tertiary/aromatic N) is 3. The number of hydrogen-bond donors (Lipinski definition) is 2. The van der Waals surface area contributed by atoms with E-state index >= 15 is 0 Å². The fraction of sp³-hybridized carbons (Fsp3) is 0.533. The molecular weight excluding hydrogens is 266 g/mol. The molecule has 0 radical (unpaired) electrons. The maximum atomic E-state index is 12.4. The van der Waals surface area contributed by atoms with Gasteiger partial charge in [0.15, 0.2) is 0 Å². The van der Waals surface area contributed by atoms with Crippen LogP contribution >= 0.6 is 0 Å². The zero-order valence-electron chi connectivity index (χ0n) is 12.5. The zero-order chi connectivity index (χ0) is 14.8. The number of hydrogen-bond acceptors (Lipinski definition) is 3. The molecule has 0 bridgehead atoms. The topological polar surface area (TPSA) is 75.6 Å². The Morgan fingerprint density at radius 3 is 3.19 bits per heavy atom. The summed E-state index contributed by atoms with van der Waals surface area (Å²) in [4.78, 5) is 24.1. The Morgan fingerprint density at radius 1 is 1.52 bits per heavy atom. The minimum absolute atomic E-state index is 0.0119. The summed E-state index contributed by atoms with van der Waals surface area (Å²) in [6, 6.07) is 0. The van der Waals surface area contributed by atoms with Crippen molar-refractivity contribution in [2.75, 3.05) is 5.32 Å². The lowest BCUT2D eigenvalue weighted by atomic mass is 9.89. The zero-order valence-corrected chi connectivity index (χ0v) is 12.5. The molecule has 2 aromatic rings. The van der Waals surface area contributed by atoms with Crippen molar-refractivity contribution in [3.05, 3.63) is 30.1 Å². The molecule has 21 heavy (non-hydrogen) atoms. The third-order valence-electron chi connectivity index (χ3n) is 3.87. The van der Waals surface area contributed by atoms with Gasteiger partial charge in [0, 0.05) is 37.0 Å². The Kier molecular flexibility index (Phi) is 3.77. The van der Waals surface area contributed by atoms with Gasteiger partial charge in [-0.25, -0.2) is 9.97 Å². The van der Waals surface area contributed by atoms with Gasteiger partial charge in [-0.2, -0.15) is 0 Å². The predicted octanol–water partition coefficient (Wildman–Crippen LogP) is 2.01. The van der Waals surface area contributed by atoms with E-state index in [0.29, 0.717) is 11.9 Å². The second-order valence-electron chi connectivity index (χ2n) is 6.05. The fourth-order valence-electron chi connectivity index (χ4n) is 2.81. The molecule has 112 valence electrons. The lowest BCUT2D eigenvalue weighted by Crippen LogP contribution is -2.29. The molecule has 0 fully saturated rings. The van der Waals surface area contributed by atoms with Gasteiger partial charge in [-0.1, -0.05) is 13.8 Å². The summed E-state index contributed by atoms with van der Waals surface area (Å²) < 4.78 is 1.99. The van der Waals surface area contributed by atoms with E-state index in [2.05, 4.69) is 34.1 Å². The first-order valence-electron chi connectivity index (χ1n) is 7.46. The highest BCUT2D eigenvalue weighted by Crippen LogP contribution is 2.24. The summed E-state index contributed by atoms with van der Waals surface area (Å²) >= 11 is 0. The summed E-state index contributed by atoms with van der Waals surface area (Å²) in [5.74, 6) is 1.19. The van der Waals surface area contributed by atoms with Crippen molar-refractivity contribution < 1.29 is 4.79 Å². The molecule has 2 N–H and O–H groups in total. The van der Waals surface area contributed by atoms with Gasteiger partial charge in [-0.15, -0.1) is 0 Å². The number of aromatic amines is 1. The van der Waals surface area contributed by atoms with Crippen molar-refractivity contribution >= 4 is 11.9 Å². The van der Waals surface area contributed by atoms with E-state index in [9.17, 15) is 4.79 Å². The molecule has 1 amide bonds. The Morgan fingerprint density at radius 2 is 2.38 bits per heavy atom. The van der Waals surface area contributed by atoms with Gasteiger partial charge in [0.25, 0.3) is 0 Å². The minimum Gasteiger partial charge on any atom is -0.348 e. The van der Waals surface area contributed by atoms with E-state index in [1.165, 1.54) is 0 Å². The van der Waals surface area contributed by atoms with Crippen LogP contribution < -0.4 is 5.32 Å². The van der Waals surface area contributed by atoms with Crippen molar-refractivity contribution in [1.82, 2.24) is 19.5 Å². The SMILES string of the molecule is CC(C)Cn1ccnc1NC(=O)[C@H]1CCc2nc[nH]c2C1. The molecule has 0 spiro atoms. The van der Waals surface area contributed by atoms with Crippen molar-refractivity contribution in [2.45, 2.75) is 39.7 Å². The van der Waals surface area contributed by atoms with E-state index in [4.69, 9.17) is 0 Å². The van der Waals surface area contributed by atoms with Crippen LogP contribution in [0.5, 0.6) is 0 Å². The molecule has 0 saturated carbocycles. The van der Waals surface area contributed by atoms with Crippen LogP contribution in [0.2, 0.25) is 0 Å². The predicted molar refractivity (Wildman–Crippen MR) is 79.8 cm³/mol. The van der Waals surface area contributed by atoms with Gasteiger partial charge in [-0.05, 0) is 18.8 Å². The van der Waals surface area contributed by atoms with E-state index in [-0.39, 0.29) is 11.8 Å². The number of amides is 1. The largest absolute Gasteiger partial charge is 0.348 e. The number of aromatic nitrogens is 4. The van der Waals surface area contributed by atoms with Crippen molar-refractivity contribution in [2.24, 2.45) is 11.8 Å². The molecule has 2 aromatic heterocycles. The number of imidazole rings is 2. The molecule has 1 aliphatic carbocycles. The molecule has 1 atom stereocenters. The maximum absolute atomic E-state index is 12.4. The van der Waals surface area contributed by atoms with Crippen LogP contribution in [0.4, 0.5) is 5.95 Å². The van der Waals surface area contributed by atoms with Gasteiger partial charge < -0.3 is 9.55 Å². The van der Waals surface area contributed by atoms with Crippen molar-refractivity contribution in [3.63, 3.8) is 0 Å². The van der Waals surface area contributed by atoms with Crippen LogP contribution in [0, 0.1) is 11.8 Å². The van der Waals surface area contributed by atoms with Crippen molar-refractivity contribution in [1.29, 1.82) is 0 Å². The highest BCUT2D eigenvalue weighted by Gasteiger charge is 2.26. The quantitative estimate of drug-likeness (QED) is 0.903. The van der Waals surface area contributed by atoms with E-state index in [1.807, 2.05) is 10.8 Å². The van der Waals surface area contributed by atoms with Crippen molar-refractivity contribution in [3.8, 4) is 0 Å². The third kappa shape index (κ3) is 2.99. The lowest BCUT2D eigenvalue weighted by molar-refractivity contribution is -0.120. The number of carbonyl (C=O) groups excluding carboxylic acids is 1. The molecule has 3 rings (SSSR count). The standard InChI is InChI=1S/C15H21N5O/c1-10(2)8-20-6-5-16-15(20)19-14(21)11-3-4-12-13(7-11)18-9-17-12/h5-6,9-11H,3-4,7-8H2,1-2H3,(H,17,18)(H,16,19,21)/t11-/m0/s1. The highest BCUT2D eigenvalue weighted by atomic mass is 16.2. The number of fused-ring (bicyclic) bond motifs is 1. The molecule has 6 heteroatoms. The van der Waals surface area contributed by atoms with E-state index in [0.717, 1.165) is 37.2 Å². The molecule has 0 unspecified atom stereocenters. The fourth-order valence-corrected chi connectivity index (χ4v) is 2.81. The molecule has 2 heterocycles. The number of rotatable bonds is 4. The van der Waals surface area contributed by atoms with Crippen LogP contribution in [0.15, 0.2) is 18.7 Å². The molecule has 0 saturated heterocycles. The Labute approximate surface area is 124 Å². The third-order valence-corrected chi connectivity index (χ3v) is 3.87. The molecule has 6 nitrogen and oxygen atoms in total. The van der Waals surface area contributed by atoms with Gasteiger partial charge in [-0.3, -0.25) is 10.1 Å². The number of H-pyrrole nitrogens is 1. The minimum atomic E-state index is -0.0119. The second kappa shape index (κ2) is 5.71. The first-order chi connectivity index (χ1) is 10.1. The first kappa shape index (κ1) is 13.9. The average Bonchev–Trinajstić information content (AvgIpc) is 3.06. The maximum Gasteiger partial charge on any atom is 0.230 e. The van der Waals surface area contributed by atoms with Crippen LogP contribution in [0.1, 0.15) is 31.7 Å². The Hall–Kier alpha value is -2.11. The Bertz CT molecular complexity index is 628. The smallest absolute Gasteiger partial charge is 0.230 e. The normalized spacial score (nSPS) is 17.8. The summed E-state index contributed by atoms with van der Waals surface area (Å²) in [5.41, 5.74) is 2.19. The monoisotopic (exact) mass is 287 g/mol. The van der Waals surface area contributed by atoms with E-state index < -0.39 is 0 Å².